The summed E-state index contributed by atoms with van der Waals surface area (Å²) in [5.41, 5.74) is 0. The molecule has 0 spiro atoms. The summed E-state index contributed by atoms with van der Waals surface area (Å²) in [6, 6.07) is 2.01. The van der Waals surface area contributed by atoms with Crippen LogP contribution in [0.2, 0.25) is 0 Å². The summed E-state index contributed by atoms with van der Waals surface area (Å²) >= 11 is 1.29. The van der Waals surface area contributed by atoms with Gasteiger partial charge in [-0.1, -0.05) is 6.92 Å². The maximum absolute atomic E-state index is 8.80. The lowest BCUT2D eigenvalue weighted by Crippen LogP contribution is -1.96. The Morgan fingerprint density at radius 1 is 1.60 bits per heavy atom. The number of nitrogens with zero attached hydrogens (tertiary/aromatic N) is 5. The van der Waals surface area contributed by atoms with Gasteiger partial charge in [0.2, 0.25) is 11.0 Å². The number of rotatable bonds is 3. The van der Waals surface area contributed by atoms with Crippen LogP contribution in [0.1, 0.15) is 25.0 Å². The van der Waals surface area contributed by atoms with E-state index in [1.165, 1.54) is 11.5 Å². The van der Waals surface area contributed by atoms with Crippen LogP contribution in [0.15, 0.2) is 12.4 Å². The Kier molecular flexibility index (Phi) is 2.74. The molecule has 2 aromatic heterocycles. The van der Waals surface area contributed by atoms with Crippen LogP contribution in [-0.2, 0) is 6.42 Å². The molecule has 0 atom stereocenters. The average molecular weight is 219 g/mol. The first-order valence-corrected chi connectivity index (χ1v) is 5.39. The standard InChI is InChI=1S/C9H9N5S/c1-2-3-7-12-9(15-13-7)14-5-4-11-8(14)6-10/h4-5H,2-3H2,1H3. The first-order chi connectivity index (χ1) is 7.35. The quantitative estimate of drug-likeness (QED) is 0.785. The van der Waals surface area contributed by atoms with E-state index >= 15 is 0 Å². The molecule has 5 nitrogen and oxygen atoms in total. The second-order valence-electron chi connectivity index (χ2n) is 2.98. The minimum Gasteiger partial charge on any atom is -0.265 e. The van der Waals surface area contributed by atoms with Crippen molar-refractivity contribution in [3.05, 3.63) is 24.0 Å². The van der Waals surface area contributed by atoms with Crippen LogP contribution >= 0.6 is 11.5 Å². The lowest BCUT2D eigenvalue weighted by Gasteiger charge is -1.94. The van der Waals surface area contributed by atoms with Gasteiger partial charge in [-0.2, -0.15) is 9.64 Å². The van der Waals surface area contributed by atoms with Gasteiger partial charge in [0.25, 0.3) is 0 Å². The molecule has 0 radical (unpaired) electrons. The zero-order valence-corrected chi connectivity index (χ0v) is 9.03. The van der Waals surface area contributed by atoms with Gasteiger partial charge >= 0.3 is 0 Å². The van der Waals surface area contributed by atoms with E-state index in [1.807, 2.05) is 6.07 Å². The molecule has 0 bridgehead atoms. The average Bonchev–Trinajstić information content (AvgIpc) is 2.84. The van der Waals surface area contributed by atoms with E-state index in [0.717, 1.165) is 18.7 Å². The molecule has 0 unspecified atom stereocenters. The lowest BCUT2D eigenvalue weighted by molar-refractivity contribution is 0.851. The zero-order chi connectivity index (χ0) is 10.7. The normalized spacial score (nSPS) is 10.1. The number of aromatic nitrogens is 4. The Bertz CT molecular complexity index is 493. The molecule has 0 aliphatic rings. The Morgan fingerprint density at radius 3 is 3.20 bits per heavy atom. The van der Waals surface area contributed by atoms with E-state index < -0.39 is 0 Å². The zero-order valence-electron chi connectivity index (χ0n) is 8.21. The molecule has 0 N–H and O–H groups in total. The van der Waals surface area contributed by atoms with E-state index in [-0.39, 0.29) is 0 Å². The molecular formula is C9H9N5S. The maximum Gasteiger partial charge on any atom is 0.219 e. The second kappa shape index (κ2) is 4.19. The van der Waals surface area contributed by atoms with Crippen molar-refractivity contribution in [2.45, 2.75) is 19.8 Å². The Labute approximate surface area is 91.2 Å². The monoisotopic (exact) mass is 219 g/mol. The molecule has 0 saturated carbocycles. The fourth-order valence-electron chi connectivity index (χ4n) is 1.21. The van der Waals surface area contributed by atoms with Gasteiger partial charge in [-0.3, -0.25) is 4.57 Å². The third-order valence-electron chi connectivity index (χ3n) is 1.88. The number of nitriles is 1. The predicted molar refractivity (Wildman–Crippen MR) is 55.7 cm³/mol. The fraction of sp³-hybridized carbons (Fsp3) is 0.333. The van der Waals surface area contributed by atoms with Crippen LogP contribution in [0.4, 0.5) is 0 Å². The fourth-order valence-corrected chi connectivity index (χ4v) is 1.91. The van der Waals surface area contributed by atoms with E-state index in [2.05, 4.69) is 21.3 Å². The first-order valence-electron chi connectivity index (χ1n) is 4.61. The van der Waals surface area contributed by atoms with Gasteiger partial charge in [-0.15, -0.1) is 0 Å². The van der Waals surface area contributed by atoms with Crippen LogP contribution in [0, 0.1) is 11.3 Å². The van der Waals surface area contributed by atoms with Crippen molar-refractivity contribution in [2.75, 3.05) is 0 Å². The van der Waals surface area contributed by atoms with E-state index in [0.29, 0.717) is 11.0 Å². The minimum atomic E-state index is 0.342. The van der Waals surface area contributed by atoms with Gasteiger partial charge in [0, 0.05) is 30.3 Å². The van der Waals surface area contributed by atoms with Crippen molar-refractivity contribution in [3.8, 4) is 11.2 Å². The molecule has 15 heavy (non-hydrogen) atoms. The molecular weight excluding hydrogens is 210 g/mol. The van der Waals surface area contributed by atoms with Gasteiger partial charge in [-0.05, 0) is 6.42 Å². The Morgan fingerprint density at radius 2 is 2.47 bits per heavy atom. The number of hydrogen-bond acceptors (Lipinski definition) is 5. The van der Waals surface area contributed by atoms with Crippen LogP contribution < -0.4 is 0 Å². The molecule has 2 rings (SSSR count). The summed E-state index contributed by atoms with van der Waals surface area (Å²) in [6.45, 7) is 2.08. The summed E-state index contributed by atoms with van der Waals surface area (Å²) in [5.74, 6) is 1.17. The van der Waals surface area contributed by atoms with Gasteiger partial charge < -0.3 is 0 Å². The molecule has 0 amide bonds. The summed E-state index contributed by atoms with van der Waals surface area (Å²) in [5, 5.41) is 9.50. The van der Waals surface area contributed by atoms with Gasteiger partial charge in [0.05, 0.1) is 0 Å². The van der Waals surface area contributed by atoms with Crippen molar-refractivity contribution in [1.29, 1.82) is 5.26 Å². The van der Waals surface area contributed by atoms with Crippen LogP contribution in [0.5, 0.6) is 0 Å². The van der Waals surface area contributed by atoms with E-state index in [4.69, 9.17) is 5.26 Å². The van der Waals surface area contributed by atoms with Crippen molar-refractivity contribution in [3.63, 3.8) is 0 Å². The van der Waals surface area contributed by atoms with Crippen molar-refractivity contribution >= 4 is 11.5 Å². The topological polar surface area (TPSA) is 67.4 Å². The van der Waals surface area contributed by atoms with Crippen molar-refractivity contribution in [1.82, 2.24) is 18.9 Å². The largest absolute Gasteiger partial charge is 0.265 e. The number of aryl methyl sites for hydroxylation is 1. The Hall–Kier alpha value is -1.74. The third kappa shape index (κ3) is 1.87. The molecule has 0 aromatic carbocycles. The molecule has 0 saturated heterocycles. The molecule has 6 heteroatoms. The van der Waals surface area contributed by atoms with Crippen LogP contribution in [-0.4, -0.2) is 18.9 Å². The summed E-state index contributed by atoms with van der Waals surface area (Å²) in [7, 11) is 0. The van der Waals surface area contributed by atoms with Gasteiger partial charge in [0.1, 0.15) is 11.9 Å². The van der Waals surface area contributed by atoms with Crippen molar-refractivity contribution < 1.29 is 0 Å². The lowest BCUT2D eigenvalue weighted by atomic mass is 10.3. The van der Waals surface area contributed by atoms with Gasteiger partial charge in [0.15, 0.2) is 0 Å². The molecule has 0 fully saturated rings. The summed E-state index contributed by atoms with van der Waals surface area (Å²) < 4.78 is 5.86. The molecule has 76 valence electrons. The molecule has 0 aliphatic heterocycles. The van der Waals surface area contributed by atoms with Gasteiger partial charge in [-0.25, -0.2) is 9.97 Å². The number of hydrogen-bond donors (Lipinski definition) is 0. The second-order valence-corrected chi connectivity index (χ2v) is 3.71. The summed E-state index contributed by atoms with van der Waals surface area (Å²) in [4.78, 5) is 8.24. The first kappa shape index (κ1) is 9.80. The van der Waals surface area contributed by atoms with E-state index in [9.17, 15) is 0 Å². The minimum absolute atomic E-state index is 0.342. The Balaban J connectivity index is 2.34. The number of imidazole rings is 1. The van der Waals surface area contributed by atoms with Crippen LogP contribution in [0.3, 0.4) is 0 Å². The van der Waals surface area contributed by atoms with Crippen LogP contribution in [0.25, 0.3) is 5.13 Å². The maximum atomic E-state index is 8.80. The molecule has 2 aromatic rings. The third-order valence-corrected chi connectivity index (χ3v) is 2.63. The SMILES string of the molecule is CCCc1nsc(-n2ccnc2C#N)n1. The highest BCUT2D eigenvalue weighted by molar-refractivity contribution is 7.08. The van der Waals surface area contributed by atoms with E-state index in [1.54, 1.807) is 17.0 Å². The summed E-state index contributed by atoms with van der Waals surface area (Å²) in [6.07, 6.45) is 5.19. The smallest absolute Gasteiger partial charge is 0.219 e. The van der Waals surface area contributed by atoms with Crippen molar-refractivity contribution in [2.24, 2.45) is 0 Å². The predicted octanol–water partition coefficient (Wildman–Crippen LogP) is 1.55. The molecule has 2 heterocycles. The highest BCUT2D eigenvalue weighted by Crippen LogP contribution is 2.13. The highest BCUT2D eigenvalue weighted by Gasteiger charge is 2.09. The molecule has 0 aliphatic carbocycles. The highest BCUT2D eigenvalue weighted by atomic mass is 32.1.